The normalized spacial score (nSPS) is 24.6. The second-order valence-electron chi connectivity index (χ2n) is 3.41. The standard InChI is InChI=1S/C10H9Cl2NO2S/c11-6-3-1-2-5(8(6)12)9-13-7(4-16-9)10(14)15/h1-3,7,9,13H,4H2,(H,14,15)/t7-,9?/m1/s1. The van der Waals surface area contributed by atoms with Crippen LogP contribution in [-0.2, 0) is 4.79 Å². The fourth-order valence-corrected chi connectivity index (χ4v) is 3.26. The number of carboxylic acids is 1. The maximum atomic E-state index is 10.8. The molecular weight excluding hydrogens is 269 g/mol. The van der Waals surface area contributed by atoms with Gasteiger partial charge in [0, 0.05) is 5.75 Å². The van der Waals surface area contributed by atoms with E-state index in [2.05, 4.69) is 5.32 Å². The summed E-state index contributed by atoms with van der Waals surface area (Å²) in [7, 11) is 0. The average molecular weight is 278 g/mol. The van der Waals surface area contributed by atoms with Crippen LogP contribution < -0.4 is 5.32 Å². The Bertz CT molecular complexity index is 427. The number of nitrogens with one attached hydrogen (secondary N) is 1. The fourth-order valence-electron chi connectivity index (χ4n) is 1.52. The van der Waals surface area contributed by atoms with Crippen molar-refractivity contribution in [1.29, 1.82) is 0 Å². The second-order valence-corrected chi connectivity index (χ2v) is 5.34. The molecule has 1 aromatic carbocycles. The van der Waals surface area contributed by atoms with Crippen LogP contribution in [0.2, 0.25) is 10.0 Å². The molecule has 0 aliphatic carbocycles. The topological polar surface area (TPSA) is 49.3 Å². The Kier molecular flexibility index (Phi) is 3.64. The zero-order valence-corrected chi connectivity index (χ0v) is 10.4. The third-order valence-corrected chi connectivity index (χ3v) is 4.43. The number of carboxylic acid groups (broad SMARTS) is 1. The quantitative estimate of drug-likeness (QED) is 0.873. The van der Waals surface area contributed by atoms with Crippen LogP contribution in [0.3, 0.4) is 0 Å². The molecule has 0 spiro atoms. The molecule has 0 radical (unpaired) electrons. The first kappa shape index (κ1) is 12.0. The Morgan fingerprint density at radius 1 is 1.50 bits per heavy atom. The minimum absolute atomic E-state index is 0.104. The molecule has 1 fully saturated rings. The summed E-state index contributed by atoms with van der Waals surface area (Å²) in [4.78, 5) is 10.8. The predicted molar refractivity (Wildman–Crippen MR) is 66.2 cm³/mol. The van der Waals surface area contributed by atoms with E-state index in [1.807, 2.05) is 6.07 Å². The van der Waals surface area contributed by atoms with Gasteiger partial charge < -0.3 is 5.11 Å². The number of carbonyl (C=O) groups is 1. The zero-order chi connectivity index (χ0) is 11.7. The number of aliphatic carboxylic acids is 1. The lowest BCUT2D eigenvalue weighted by atomic mass is 10.2. The summed E-state index contributed by atoms with van der Waals surface area (Å²) in [6.45, 7) is 0. The minimum atomic E-state index is -0.840. The van der Waals surface area contributed by atoms with E-state index in [0.717, 1.165) is 5.56 Å². The van der Waals surface area contributed by atoms with Crippen LogP contribution in [0.5, 0.6) is 0 Å². The fraction of sp³-hybridized carbons (Fsp3) is 0.300. The summed E-state index contributed by atoms with van der Waals surface area (Å²) >= 11 is 13.5. The number of thioether (sulfide) groups is 1. The Labute approximate surface area is 107 Å². The van der Waals surface area contributed by atoms with E-state index < -0.39 is 12.0 Å². The van der Waals surface area contributed by atoms with Crippen LogP contribution in [-0.4, -0.2) is 22.9 Å². The molecule has 1 aliphatic rings. The van der Waals surface area contributed by atoms with Gasteiger partial charge in [-0.3, -0.25) is 10.1 Å². The van der Waals surface area contributed by atoms with Gasteiger partial charge in [0.25, 0.3) is 0 Å². The summed E-state index contributed by atoms with van der Waals surface area (Å²) in [5.74, 6) is -0.309. The molecule has 2 rings (SSSR count). The van der Waals surface area contributed by atoms with Crippen LogP contribution in [0.15, 0.2) is 18.2 Å². The highest BCUT2D eigenvalue weighted by atomic mass is 35.5. The average Bonchev–Trinajstić information content (AvgIpc) is 2.71. The summed E-state index contributed by atoms with van der Waals surface area (Å²) in [5, 5.41) is 12.7. The number of rotatable bonds is 2. The molecule has 2 N–H and O–H groups in total. The van der Waals surface area contributed by atoms with Gasteiger partial charge in [-0.05, 0) is 11.6 Å². The van der Waals surface area contributed by atoms with Gasteiger partial charge in [0.15, 0.2) is 0 Å². The molecule has 0 saturated carbocycles. The predicted octanol–water partition coefficient (Wildman–Crippen LogP) is 2.78. The molecule has 3 nitrogen and oxygen atoms in total. The van der Waals surface area contributed by atoms with Crippen molar-refractivity contribution in [2.45, 2.75) is 11.4 Å². The van der Waals surface area contributed by atoms with E-state index in [9.17, 15) is 4.79 Å². The lowest BCUT2D eigenvalue weighted by Crippen LogP contribution is -2.33. The van der Waals surface area contributed by atoms with E-state index in [1.54, 1.807) is 12.1 Å². The summed E-state index contributed by atoms with van der Waals surface area (Å²) in [5.41, 5.74) is 0.836. The van der Waals surface area contributed by atoms with E-state index in [0.29, 0.717) is 15.8 Å². The van der Waals surface area contributed by atoms with Gasteiger partial charge in [0.2, 0.25) is 0 Å². The largest absolute Gasteiger partial charge is 0.480 e. The summed E-state index contributed by atoms with van der Waals surface area (Å²) < 4.78 is 0. The molecule has 0 amide bonds. The Morgan fingerprint density at radius 3 is 2.88 bits per heavy atom. The SMILES string of the molecule is O=C(O)[C@H]1CSC(c2cccc(Cl)c2Cl)N1. The lowest BCUT2D eigenvalue weighted by Gasteiger charge is -2.13. The van der Waals surface area contributed by atoms with Crippen molar-refractivity contribution >= 4 is 40.9 Å². The van der Waals surface area contributed by atoms with Crippen molar-refractivity contribution < 1.29 is 9.90 Å². The Balaban J connectivity index is 2.21. The zero-order valence-electron chi connectivity index (χ0n) is 8.11. The van der Waals surface area contributed by atoms with E-state index in [1.165, 1.54) is 11.8 Å². The van der Waals surface area contributed by atoms with Crippen molar-refractivity contribution in [3.05, 3.63) is 33.8 Å². The van der Waals surface area contributed by atoms with E-state index >= 15 is 0 Å². The molecule has 86 valence electrons. The third kappa shape index (κ3) is 2.30. The summed E-state index contributed by atoms with van der Waals surface area (Å²) in [6, 6.07) is 4.84. The van der Waals surface area contributed by atoms with Crippen LogP contribution in [0.25, 0.3) is 0 Å². The van der Waals surface area contributed by atoms with Crippen LogP contribution >= 0.6 is 35.0 Å². The first-order chi connectivity index (χ1) is 7.59. The van der Waals surface area contributed by atoms with Crippen molar-refractivity contribution in [2.75, 3.05) is 5.75 Å². The van der Waals surface area contributed by atoms with Crippen molar-refractivity contribution in [2.24, 2.45) is 0 Å². The van der Waals surface area contributed by atoms with Crippen molar-refractivity contribution in [3.63, 3.8) is 0 Å². The Hall–Kier alpha value is -0.420. The highest BCUT2D eigenvalue weighted by molar-refractivity contribution is 7.99. The van der Waals surface area contributed by atoms with Gasteiger partial charge in [-0.25, -0.2) is 0 Å². The number of benzene rings is 1. The molecule has 16 heavy (non-hydrogen) atoms. The monoisotopic (exact) mass is 277 g/mol. The molecule has 1 heterocycles. The smallest absolute Gasteiger partial charge is 0.321 e. The first-order valence-electron chi connectivity index (χ1n) is 4.64. The molecule has 1 aliphatic heterocycles. The van der Waals surface area contributed by atoms with Gasteiger partial charge >= 0.3 is 5.97 Å². The molecular formula is C10H9Cl2NO2S. The molecule has 1 saturated heterocycles. The molecule has 0 bridgehead atoms. The minimum Gasteiger partial charge on any atom is -0.480 e. The van der Waals surface area contributed by atoms with Gasteiger partial charge in [0.05, 0.1) is 15.4 Å². The number of hydrogen-bond donors (Lipinski definition) is 2. The van der Waals surface area contributed by atoms with Crippen LogP contribution in [0, 0.1) is 0 Å². The van der Waals surface area contributed by atoms with E-state index in [-0.39, 0.29) is 5.37 Å². The molecule has 1 unspecified atom stereocenters. The third-order valence-electron chi connectivity index (χ3n) is 2.34. The van der Waals surface area contributed by atoms with Crippen molar-refractivity contribution in [1.82, 2.24) is 5.32 Å². The maximum Gasteiger partial charge on any atom is 0.321 e. The molecule has 2 atom stereocenters. The van der Waals surface area contributed by atoms with Crippen LogP contribution in [0.1, 0.15) is 10.9 Å². The van der Waals surface area contributed by atoms with E-state index in [4.69, 9.17) is 28.3 Å². The number of hydrogen-bond acceptors (Lipinski definition) is 3. The van der Waals surface area contributed by atoms with Gasteiger partial charge in [0.1, 0.15) is 6.04 Å². The van der Waals surface area contributed by atoms with Gasteiger partial charge in [-0.1, -0.05) is 35.3 Å². The second kappa shape index (κ2) is 4.84. The van der Waals surface area contributed by atoms with Gasteiger partial charge in [-0.2, -0.15) is 0 Å². The first-order valence-corrected chi connectivity index (χ1v) is 6.44. The van der Waals surface area contributed by atoms with Crippen LogP contribution in [0.4, 0.5) is 0 Å². The highest BCUT2D eigenvalue weighted by Crippen LogP contribution is 2.38. The lowest BCUT2D eigenvalue weighted by molar-refractivity contribution is -0.138. The van der Waals surface area contributed by atoms with Crippen molar-refractivity contribution in [3.8, 4) is 0 Å². The molecule has 6 heteroatoms. The maximum absolute atomic E-state index is 10.8. The molecule has 0 aromatic heterocycles. The summed E-state index contributed by atoms with van der Waals surface area (Å²) in [6.07, 6.45) is 0. The van der Waals surface area contributed by atoms with Gasteiger partial charge in [-0.15, -0.1) is 11.8 Å². The highest BCUT2D eigenvalue weighted by Gasteiger charge is 2.31. The molecule has 1 aromatic rings. The Morgan fingerprint density at radius 2 is 2.25 bits per heavy atom. The number of halogens is 2.